The molecule has 0 aliphatic heterocycles. The topological polar surface area (TPSA) is 34.8 Å². The molecule has 92 valence electrons. The van der Waals surface area contributed by atoms with E-state index in [1.165, 1.54) is 5.56 Å². The summed E-state index contributed by atoms with van der Waals surface area (Å²) in [7, 11) is 1.97. The molecule has 0 radical (unpaired) electrons. The minimum Gasteiger partial charge on any atom is -0.322 e. The molecule has 0 atom stereocenters. The molecular weight excluding hydrogens is 212 g/mol. The summed E-state index contributed by atoms with van der Waals surface area (Å²) in [4.78, 5) is 0. The van der Waals surface area contributed by atoms with Gasteiger partial charge in [0.05, 0.1) is 12.2 Å². The lowest BCUT2D eigenvalue weighted by atomic mass is 9.90. The van der Waals surface area contributed by atoms with Crippen LogP contribution in [-0.2, 0) is 19.0 Å². The Balaban J connectivity index is 2.15. The summed E-state index contributed by atoms with van der Waals surface area (Å²) in [5.41, 5.74) is 5.81. The lowest BCUT2D eigenvalue weighted by Gasteiger charge is -2.18. The molecule has 0 spiro atoms. The maximum Gasteiger partial charge on any atom is 0.0728 e. The van der Waals surface area contributed by atoms with Crippen molar-refractivity contribution in [3.05, 3.63) is 42.0 Å². The van der Waals surface area contributed by atoms with Crippen molar-refractivity contribution in [2.24, 2.45) is 7.05 Å². The number of nitrogens with zero attached hydrogens (tertiary/aromatic N) is 3. The molecule has 2 heterocycles. The molecular formula is C13H20N4. The summed E-state index contributed by atoms with van der Waals surface area (Å²) < 4.78 is 3.84. The summed E-state index contributed by atoms with van der Waals surface area (Å²) in [6.45, 7) is 7.35. The van der Waals surface area contributed by atoms with Crippen LogP contribution in [0.3, 0.4) is 0 Å². The second-order valence-electron chi connectivity index (χ2n) is 5.35. The van der Waals surface area contributed by atoms with Crippen LogP contribution in [0.15, 0.2) is 30.7 Å². The SMILES string of the molecule is Cn1cc(CNn2cccc2)c(C(C)(C)C)n1. The smallest absolute Gasteiger partial charge is 0.0728 e. The van der Waals surface area contributed by atoms with E-state index in [0.717, 1.165) is 12.2 Å². The molecule has 4 nitrogen and oxygen atoms in total. The Labute approximate surface area is 102 Å². The lowest BCUT2D eigenvalue weighted by molar-refractivity contribution is 0.548. The highest BCUT2D eigenvalue weighted by molar-refractivity contribution is 5.25. The Bertz CT molecular complexity index is 474. The quantitative estimate of drug-likeness (QED) is 0.881. The Morgan fingerprint density at radius 2 is 1.88 bits per heavy atom. The lowest BCUT2D eigenvalue weighted by Crippen LogP contribution is -2.18. The van der Waals surface area contributed by atoms with Crippen LogP contribution in [0.2, 0.25) is 0 Å². The van der Waals surface area contributed by atoms with Crippen LogP contribution in [0.4, 0.5) is 0 Å². The third kappa shape index (κ3) is 2.70. The molecule has 2 aromatic heterocycles. The van der Waals surface area contributed by atoms with Gasteiger partial charge in [0.25, 0.3) is 0 Å². The summed E-state index contributed by atoms with van der Waals surface area (Å²) >= 11 is 0. The molecule has 0 fully saturated rings. The summed E-state index contributed by atoms with van der Waals surface area (Å²) in [5, 5.41) is 4.55. The second-order valence-corrected chi connectivity index (χ2v) is 5.35. The van der Waals surface area contributed by atoms with Gasteiger partial charge >= 0.3 is 0 Å². The first-order valence-electron chi connectivity index (χ1n) is 5.86. The van der Waals surface area contributed by atoms with E-state index >= 15 is 0 Å². The maximum absolute atomic E-state index is 4.55. The van der Waals surface area contributed by atoms with E-state index in [1.54, 1.807) is 0 Å². The average molecular weight is 232 g/mol. The van der Waals surface area contributed by atoms with Crippen molar-refractivity contribution in [2.45, 2.75) is 32.7 Å². The Hall–Kier alpha value is -1.71. The molecule has 17 heavy (non-hydrogen) atoms. The highest BCUT2D eigenvalue weighted by atomic mass is 15.4. The van der Waals surface area contributed by atoms with Crippen LogP contribution in [-0.4, -0.2) is 14.5 Å². The van der Waals surface area contributed by atoms with E-state index in [0.29, 0.717) is 0 Å². The van der Waals surface area contributed by atoms with Crippen molar-refractivity contribution < 1.29 is 0 Å². The van der Waals surface area contributed by atoms with Gasteiger partial charge in [-0.2, -0.15) is 5.10 Å². The molecule has 2 rings (SSSR count). The van der Waals surface area contributed by atoms with E-state index in [4.69, 9.17) is 0 Å². The molecule has 1 N–H and O–H groups in total. The van der Waals surface area contributed by atoms with Gasteiger partial charge in [-0.15, -0.1) is 0 Å². The molecule has 4 heteroatoms. The predicted molar refractivity (Wildman–Crippen MR) is 69.4 cm³/mol. The number of hydrogen-bond acceptors (Lipinski definition) is 2. The zero-order valence-corrected chi connectivity index (χ0v) is 10.9. The molecule has 2 aromatic rings. The zero-order valence-electron chi connectivity index (χ0n) is 10.9. The van der Waals surface area contributed by atoms with Crippen LogP contribution in [0.5, 0.6) is 0 Å². The van der Waals surface area contributed by atoms with Gasteiger partial charge in [-0.3, -0.25) is 9.36 Å². The molecule has 0 aromatic carbocycles. The first kappa shape index (κ1) is 11.8. The van der Waals surface area contributed by atoms with E-state index in [-0.39, 0.29) is 5.41 Å². The fraction of sp³-hybridized carbons (Fsp3) is 0.462. The fourth-order valence-corrected chi connectivity index (χ4v) is 1.91. The second kappa shape index (κ2) is 4.28. The first-order valence-corrected chi connectivity index (χ1v) is 5.86. The summed E-state index contributed by atoms with van der Waals surface area (Å²) in [6.07, 6.45) is 6.07. The average Bonchev–Trinajstić information content (AvgIpc) is 2.82. The fourth-order valence-electron chi connectivity index (χ4n) is 1.91. The van der Waals surface area contributed by atoms with E-state index < -0.39 is 0 Å². The third-order valence-corrected chi connectivity index (χ3v) is 2.67. The zero-order chi connectivity index (χ0) is 12.5. The summed E-state index contributed by atoms with van der Waals surface area (Å²) in [5.74, 6) is 0. The number of aryl methyl sites for hydroxylation is 1. The Kier molecular flexibility index (Phi) is 2.96. The predicted octanol–water partition coefficient (Wildman–Crippen LogP) is 2.26. The first-order chi connectivity index (χ1) is 7.97. The van der Waals surface area contributed by atoms with E-state index in [2.05, 4.69) is 37.5 Å². The van der Waals surface area contributed by atoms with E-state index in [9.17, 15) is 0 Å². The minimum absolute atomic E-state index is 0.0783. The van der Waals surface area contributed by atoms with Crippen molar-refractivity contribution in [2.75, 3.05) is 5.43 Å². The van der Waals surface area contributed by atoms with Crippen LogP contribution in [0.25, 0.3) is 0 Å². The number of hydrogen-bond donors (Lipinski definition) is 1. The molecule has 0 bridgehead atoms. The molecule has 0 aliphatic carbocycles. The van der Waals surface area contributed by atoms with Crippen molar-refractivity contribution in [1.29, 1.82) is 0 Å². The van der Waals surface area contributed by atoms with Crippen LogP contribution >= 0.6 is 0 Å². The molecule has 0 saturated heterocycles. The third-order valence-electron chi connectivity index (χ3n) is 2.67. The van der Waals surface area contributed by atoms with Gasteiger partial charge in [-0.05, 0) is 12.1 Å². The normalized spacial score (nSPS) is 11.8. The van der Waals surface area contributed by atoms with Crippen LogP contribution < -0.4 is 5.43 Å². The van der Waals surface area contributed by atoms with Gasteiger partial charge in [0.15, 0.2) is 0 Å². The Morgan fingerprint density at radius 1 is 1.24 bits per heavy atom. The van der Waals surface area contributed by atoms with Crippen molar-refractivity contribution >= 4 is 0 Å². The number of rotatable bonds is 3. The largest absolute Gasteiger partial charge is 0.322 e. The monoisotopic (exact) mass is 232 g/mol. The summed E-state index contributed by atoms with van der Waals surface area (Å²) in [6, 6.07) is 4.00. The van der Waals surface area contributed by atoms with Gasteiger partial charge < -0.3 is 5.43 Å². The van der Waals surface area contributed by atoms with Gasteiger partial charge in [0.2, 0.25) is 0 Å². The maximum atomic E-state index is 4.55. The standard InChI is InChI=1S/C13H20N4/c1-13(2,3)12-11(10-16(4)15-12)9-14-17-7-5-6-8-17/h5-8,10,14H,9H2,1-4H3. The van der Waals surface area contributed by atoms with E-state index in [1.807, 2.05) is 40.9 Å². The minimum atomic E-state index is 0.0783. The van der Waals surface area contributed by atoms with Gasteiger partial charge in [-0.1, -0.05) is 20.8 Å². The van der Waals surface area contributed by atoms with Gasteiger partial charge in [-0.25, -0.2) is 0 Å². The highest BCUT2D eigenvalue weighted by Crippen LogP contribution is 2.24. The Morgan fingerprint density at radius 3 is 2.47 bits per heavy atom. The van der Waals surface area contributed by atoms with Crippen molar-refractivity contribution in [3.63, 3.8) is 0 Å². The van der Waals surface area contributed by atoms with Crippen LogP contribution in [0, 0.1) is 0 Å². The van der Waals surface area contributed by atoms with Gasteiger partial charge in [0, 0.05) is 36.6 Å². The van der Waals surface area contributed by atoms with Crippen LogP contribution in [0.1, 0.15) is 32.0 Å². The molecule has 0 unspecified atom stereocenters. The van der Waals surface area contributed by atoms with Gasteiger partial charge in [0.1, 0.15) is 0 Å². The highest BCUT2D eigenvalue weighted by Gasteiger charge is 2.21. The number of nitrogens with one attached hydrogen (secondary N) is 1. The van der Waals surface area contributed by atoms with Crippen molar-refractivity contribution in [3.8, 4) is 0 Å². The molecule has 0 amide bonds. The number of aromatic nitrogens is 3. The molecule has 0 aliphatic rings. The van der Waals surface area contributed by atoms with Crippen molar-refractivity contribution in [1.82, 2.24) is 14.5 Å². The molecule has 0 saturated carbocycles.